The maximum Gasteiger partial charge on any atom is 0.175 e. The number of hydrogen-bond donors (Lipinski definition) is 1. The molecule has 0 aliphatic carbocycles. The molecule has 0 spiro atoms. The Kier molecular flexibility index (Phi) is 3.66. The molecule has 0 radical (unpaired) electrons. The number of benzene rings is 1. The zero-order chi connectivity index (χ0) is 10.6. The fourth-order valence-corrected chi connectivity index (χ4v) is 2.31. The van der Waals surface area contributed by atoms with E-state index in [1.807, 2.05) is 0 Å². The summed E-state index contributed by atoms with van der Waals surface area (Å²) in [4.78, 5) is 0.369. The average molecular weight is 214 g/mol. The number of aliphatic hydroxyl groups is 1. The van der Waals surface area contributed by atoms with Gasteiger partial charge in [-0.1, -0.05) is 18.2 Å². The molecule has 0 saturated carbocycles. The van der Waals surface area contributed by atoms with Gasteiger partial charge < -0.3 is 5.11 Å². The lowest BCUT2D eigenvalue weighted by Gasteiger charge is -2.06. The van der Waals surface area contributed by atoms with E-state index in [4.69, 9.17) is 5.11 Å². The molecule has 1 N–H and O–H groups in total. The molecule has 1 rings (SSSR count). The molecule has 0 saturated heterocycles. The van der Waals surface area contributed by atoms with E-state index < -0.39 is 9.84 Å². The van der Waals surface area contributed by atoms with Gasteiger partial charge in [-0.05, 0) is 24.5 Å². The second-order valence-electron chi connectivity index (χ2n) is 3.21. The van der Waals surface area contributed by atoms with Gasteiger partial charge in [-0.2, -0.15) is 0 Å². The molecule has 14 heavy (non-hydrogen) atoms. The van der Waals surface area contributed by atoms with E-state index >= 15 is 0 Å². The first-order valence-electron chi connectivity index (χ1n) is 4.44. The average Bonchev–Trinajstić information content (AvgIpc) is 2.14. The molecule has 0 fully saturated rings. The van der Waals surface area contributed by atoms with Crippen LogP contribution in [0.2, 0.25) is 0 Å². The number of hydrogen-bond acceptors (Lipinski definition) is 3. The Morgan fingerprint density at radius 1 is 1.29 bits per heavy atom. The van der Waals surface area contributed by atoms with Gasteiger partial charge >= 0.3 is 0 Å². The first-order chi connectivity index (χ1) is 6.55. The first kappa shape index (κ1) is 11.2. The van der Waals surface area contributed by atoms with Crippen molar-refractivity contribution in [3.8, 4) is 0 Å². The molecule has 0 heterocycles. The number of aryl methyl sites for hydroxylation is 1. The highest BCUT2D eigenvalue weighted by atomic mass is 32.2. The summed E-state index contributed by atoms with van der Waals surface area (Å²) in [6, 6.07) is 6.90. The highest BCUT2D eigenvalue weighted by Crippen LogP contribution is 2.16. The molecule has 1 aromatic carbocycles. The van der Waals surface area contributed by atoms with Crippen LogP contribution in [0.25, 0.3) is 0 Å². The molecule has 3 nitrogen and oxygen atoms in total. The lowest BCUT2D eigenvalue weighted by atomic mass is 10.1. The monoisotopic (exact) mass is 214 g/mol. The van der Waals surface area contributed by atoms with E-state index in [9.17, 15) is 8.42 Å². The van der Waals surface area contributed by atoms with Crippen molar-refractivity contribution in [3.63, 3.8) is 0 Å². The predicted octanol–water partition coefficient (Wildman–Crippen LogP) is 1.02. The van der Waals surface area contributed by atoms with Crippen molar-refractivity contribution in [2.75, 3.05) is 12.9 Å². The van der Waals surface area contributed by atoms with Crippen molar-refractivity contribution in [2.24, 2.45) is 0 Å². The predicted molar refractivity (Wildman–Crippen MR) is 55.0 cm³/mol. The van der Waals surface area contributed by atoms with Crippen LogP contribution in [0, 0.1) is 0 Å². The van der Waals surface area contributed by atoms with Crippen molar-refractivity contribution >= 4 is 9.84 Å². The summed E-state index contributed by atoms with van der Waals surface area (Å²) < 4.78 is 22.7. The zero-order valence-corrected chi connectivity index (χ0v) is 8.92. The summed E-state index contributed by atoms with van der Waals surface area (Å²) in [5.74, 6) is 0. The van der Waals surface area contributed by atoms with Crippen LogP contribution in [-0.4, -0.2) is 26.4 Å². The quantitative estimate of drug-likeness (QED) is 0.814. The Bertz CT molecular complexity index is 396. The molecule has 4 heteroatoms. The summed E-state index contributed by atoms with van der Waals surface area (Å²) >= 11 is 0. The van der Waals surface area contributed by atoms with Crippen molar-refractivity contribution in [1.82, 2.24) is 0 Å². The molecule has 0 aliphatic heterocycles. The van der Waals surface area contributed by atoms with Crippen LogP contribution < -0.4 is 0 Å². The Balaban J connectivity index is 3.04. The van der Waals surface area contributed by atoms with E-state index in [2.05, 4.69) is 0 Å². The van der Waals surface area contributed by atoms with Gasteiger partial charge in [0.2, 0.25) is 0 Å². The van der Waals surface area contributed by atoms with Crippen molar-refractivity contribution in [3.05, 3.63) is 29.8 Å². The van der Waals surface area contributed by atoms with Gasteiger partial charge in [-0.15, -0.1) is 0 Å². The minimum atomic E-state index is -3.15. The summed E-state index contributed by atoms with van der Waals surface area (Å²) in [7, 11) is -3.15. The van der Waals surface area contributed by atoms with Crippen molar-refractivity contribution in [1.29, 1.82) is 0 Å². The van der Waals surface area contributed by atoms with Crippen LogP contribution in [0.15, 0.2) is 29.2 Å². The van der Waals surface area contributed by atoms with Crippen molar-refractivity contribution in [2.45, 2.75) is 17.7 Å². The molecule has 78 valence electrons. The second kappa shape index (κ2) is 4.57. The summed E-state index contributed by atoms with van der Waals surface area (Å²) in [5.41, 5.74) is 0.782. The first-order valence-corrected chi connectivity index (χ1v) is 6.33. The third kappa shape index (κ3) is 2.82. The summed E-state index contributed by atoms with van der Waals surface area (Å²) in [6.07, 6.45) is 2.39. The number of aliphatic hydroxyl groups excluding tert-OH is 1. The van der Waals surface area contributed by atoms with Gasteiger partial charge in [0.1, 0.15) is 0 Å². The number of sulfone groups is 1. The smallest absolute Gasteiger partial charge is 0.175 e. The molecular weight excluding hydrogens is 200 g/mol. The highest BCUT2D eigenvalue weighted by Gasteiger charge is 2.11. The largest absolute Gasteiger partial charge is 0.396 e. The van der Waals surface area contributed by atoms with Gasteiger partial charge in [0.05, 0.1) is 4.90 Å². The van der Waals surface area contributed by atoms with Crippen LogP contribution in [-0.2, 0) is 16.3 Å². The molecule has 0 bridgehead atoms. The van der Waals surface area contributed by atoms with Gasteiger partial charge in [-0.3, -0.25) is 0 Å². The topological polar surface area (TPSA) is 54.4 Å². The highest BCUT2D eigenvalue weighted by molar-refractivity contribution is 7.90. The fraction of sp³-hybridized carbons (Fsp3) is 0.400. The molecular formula is C10H14O3S. The third-order valence-electron chi connectivity index (χ3n) is 1.98. The lowest BCUT2D eigenvalue weighted by molar-refractivity contribution is 0.288. The molecule has 0 amide bonds. The normalized spacial score (nSPS) is 11.6. The van der Waals surface area contributed by atoms with E-state index in [1.165, 1.54) is 6.26 Å². The molecule has 1 aromatic rings. The Labute approximate surface area is 84.3 Å². The van der Waals surface area contributed by atoms with Crippen LogP contribution >= 0.6 is 0 Å². The van der Waals surface area contributed by atoms with Crippen LogP contribution in [0.1, 0.15) is 12.0 Å². The van der Waals surface area contributed by atoms with E-state index in [0.717, 1.165) is 5.56 Å². The maximum absolute atomic E-state index is 11.4. The zero-order valence-electron chi connectivity index (χ0n) is 8.10. The maximum atomic E-state index is 11.4. The summed E-state index contributed by atoms with van der Waals surface area (Å²) in [5, 5.41) is 8.67. The van der Waals surface area contributed by atoms with E-state index in [0.29, 0.717) is 17.7 Å². The molecule has 0 aliphatic rings. The Morgan fingerprint density at radius 2 is 1.93 bits per heavy atom. The van der Waals surface area contributed by atoms with Gasteiger partial charge in [-0.25, -0.2) is 8.42 Å². The van der Waals surface area contributed by atoms with Gasteiger partial charge in [0, 0.05) is 12.9 Å². The Hall–Kier alpha value is -0.870. The van der Waals surface area contributed by atoms with E-state index in [-0.39, 0.29) is 6.61 Å². The summed E-state index contributed by atoms with van der Waals surface area (Å²) in [6.45, 7) is 0.0814. The fourth-order valence-electron chi connectivity index (χ4n) is 1.34. The number of rotatable bonds is 4. The van der Waals surface area contributed by atoms with Crippen LogP contribution in [0.5, 0.6) is 0 Å². The van der Waals surface area contributed by atoms with Gasteiger partial charge in [0.15, 0.2) is 9.84 Å². The van der Waals surface area contributed by atoms with Crippen LogP contribution in [0.4, 0.5) is 0 Å². The third-order valence-corrected chi connectivity index (χ3v) is 3.17. The Morgan fingerprint density at radius 3 is 2.50 bits per heavy atom. The minimum Gasteiger partial charge on any atom is -0.396 e. The minimum absolute atomic E-state index is 0.0814. The van der Waals surface area contributed by atoms with E-state index in [1.54, 1.807) is 24.3 Å². The standard InChI is InChI=1S/C10H14O3S/c1-14(12,13)10-7-3-2-5-9(10)6-4-8-11/h2-3,5,7,11H,4,6,8H2,1H3. The van der Waals surface area contributed by atoms with Crippen LogP contribution in [0.3, 0.4) is 0 Å². The molecule has 0 atom stereocenters. The second-order valence-corrected chi connectivity index (χ2v) is 5.19. The molecule has 0 aromatic heterocycles. The molecule has 0 unspecified atom stereocenters. The van der Waals surface area contributed by atoms with Gasteiger partial charge in [0.25, 0.3) is 0 Å². The lowest BCUT2D eigenvalue weighted by Crippen LogP contribution is -2.02. The SMILES string of the molecule is CS(=O)(=O)c1ccccc1CCCO. The van der Waals surface area contributed by atoms with Crippen molar-refractivity contribution < 1.29 is 13.5 Å².